The molecule has 0 aliphatic rings. The Bertz CT molecular complexity index is 399. The molecule has 1 rings (SSSR count). The van der Waals surface area contributed by atoms with Gasteiger partial charge in [0, 0.05) is 5.75 Å². The number of thioether (sulfide) groups is 1. The SMILES string of the molecule is C=C(Br)CSc1ncc(C#N)c(N)n1. The molecule has 14 heavy (non-hydrogen) atoms. The molecule has 0 aliphatic carbocycles. The molecule has 0 saturated carbocycles. The average molecular weight is 271 g/mol. The summed E-state index contributed by atoms with van der Waals surface area (Å²) in [7, 11) is 0. The summed E-state index contributed by atoms with van der Waals surface area (Å²) in [5.41, 5.74) is 5.82. The lowest BCUT2D eigenvalue weighted by atomic mass is 10.3. The van der Waals surface area contributed by atoms with Gasteiger partial charge in [0.1, 0.15) is 17.5 Å². The van der Waals surface area contributed by atoms with Gasteiger partial charge in [-0.1, -0.05) is 34.3 Å². The molecule has 0 radical (unpaired) electrons. The van der Waals surface area contributed by atoms with E-state index in [1.54, 1.807) is 0 Å². The van der Waals surface area contributed by atoms with Crippen LogP contribution in [0.15, 0.2) is 22.4 Å². The van der Waals surface area contributed by atoms with Crippen LogP contribution in [0.3, 0.4) is 0 Å². The molecule has 0 bridgehead atoms. The van der Waals surface area contributed by atoms with Crippen molar-refractivity contribution in [3.8, 4) is 6.07 Å². The quantitative estimate of drug-likeness (QED) is 0.671. The third-order valence-corrected chi connectivity index (χ3v) is 2.87. The van der Waals surface area contributed by atoms with Crippen molar-refractivity contribution in [1.82, 2.24) is 9.97 Å². The van der Waals surface area contributed by atoms with Crippen molar-refractivity contribution in [2.24, 2.45) is 0 Å². The zero-order valence-corrected chi connectivity index (χ0v) is 9.60. The molecule has 0 spiro atoms. The highest BCUT2D eigenvalue weighted by Crippen LogP contribution is 2.19. The van der Waals surface area contributed by atoms with Gasteiger partial charge in [-0.15, -0.1) is 0 Å². The summed E-state index contributed by atoms with van der Waals surface area (Å²) in [4.78, 5) is 7.93. The van der Waals surface area contributed by atoms with Crippen molar-refractivity contribution in [2.45, 2.75) is 5.16 Å². The first-order chi connectivity index (χ1) is 6.63. The molecule has 6 heteroatoms. The molecule has 0 fully saturated rings. The van der Waals surface area contributed by atoms with Crippen molar-refractivity contribution in [2.75, 3.05) is 11.5 Å². The second-order valence-corrected chi connectivity index (χ2v) is 4.43. The normalized spacial score (nSPS) is 9.43. The zero-order chi connectivity index (χ0) is 10.6. The van der Waals surface area contributed by atoms with Gasteiger partial charge in [-0.3, -0.25) is 0 Å². The van der Waals surface area contributed by atoms with Crippen molar-refractivity contribution in [3.05, 3.63) is 22.8 Å². The van der Waals surface area contributed by atoms with Crippen LogP contribution in [0.25, 0.3) is 0 Å². The number of halogens is 1. The maximum atomic E-state index is 8.59. The van der Waals surface area contributed by atoms with E-state index in [4.69, 9.17) is 11.0 Å². The predicted octanol–water partition coefficient (Wildman–Crippen LogP) is 1.93. The van der Waals surface area contributed by atoms with Crippen LogP contribution in [-0.2, 0) is 0 Å². The minimum atomic E-state index is 0.213. The molecule has 0 unspecified atom stereocenters. The number of rotatable bonds is 3. The number of aromatic nitrogens is 2. The Labute approximate surface area is 94.4 Å². The van der Waals surface area contributed by atoms with Crippen LogP contribution in [0.2, 0.25) is 0 Å². The summed E-state index contributed by atoms with van der Waals surface area (Å²) >= 11 is 4.63. The molecule has 0 aromatic carbocycles. The van der Waals surface area contributed by atoms with Crippen LogP contribution in [0, 0.1) is 11.3 Å². The lowest BCUT2D eigenvalue weighted by molar-refractivity contribution is 0.971. The Morgan fingerprint density at radius 2 is 2.50 bits per heavy atom. The fraction of sp³-hybridized carbons (Fsp3) is 0.125. The minimum absolute atomic E-state index is 0.213. The second kappa shape index (κ2) is 4.98. The second-order valence-electron chi connectivity index (χ2n) is 2.37. The topological polar surface area (TPSA) is 75.6 Å². The lowest BCUT2D eigenvalue weighted by Gasteiger charge is -2.00. The van der Waals surface area contributed by atoms with E-state index in [0.717, 1.165) is 4.48 Å². The third-order valence-electron chi connectivity index (χ3n) is 1.27. The summed E-state index contributed by atoms with van der Waals surface area (Å²) in [5.74, 6) is 0.885. The average Bonchev–Trinajstić information content (AvgIpc) is 2.15. The standard InChI is InChI=1S/C8H7BrN4S/c1-5(9)4-14-8-12-3-6(2-10)7(11)13-8/h3H,1,4H2,(H2,11,12,13). The molecule has 0 atom stereocenters. The number of nitrogen functional groups attached to an aromatic ring is 1. The van der Waals surface area contributed by atoms with Crippen LogP contribution in [0.1, 0.15) is 5.56 Å². The van der Waals surface area contributed by atoms with Gasteiger partial charge in [-0.2, -0.15) is 5.26 Å². The Morgan fingerprint density at radius 1 is 1.79 bits per heavy atom. The molecule has 1 heterocycles. The van der Waals surface area contributed by atoms with E-state index in [1.807, 2.05) is 6.07 Å². The third kappa shape index (κ3) is 3.01. The van der Waals surface area contributed by atoms with E-state index < -0.39 is 0 Å². The molecule has 0 aliphatic heterocycles. The molecular weight excluding hydrogens is 264 g/mol. The number of nitrogens with zero attached hydrogens (tertiary/aromatic N) is 3. The molecule has 0 saturated heterocycles. The maximum absolute atomic E-state index is 8.59. The van der Waals surface area contributed by atoms with Gasteiger partial charge in [0.25, 0.3) is 0 Å². The fourth-order valence-corrected chi connectivity index (χ4v) is 1.60. The van der Waals surface area contributed by atoms with Gasteiger partial charge in [-0.05, 0) is 4.48 Å². The predicted molar refractivity (Wildman–Crippen MR) is 60.0 cm³/mol. The van der Waals surface area contributed by atoms with Gasteiger partial charge in [0.15, 0.2) is 5.16 Å². The molecule has 1 aromatic rings. The zero-order valence-electron chi connectivity index (χ0n) is 7.20. The van der Waals surface area contributed by atoms with Crippen LogP contribution >= 0.6 is 27.7 Å². The van der Waals surface area contributed by atoms with Crippen molar-refractivity contribution >= 4 is 33.5 Å². The number of nitriles is 1. The summed E-state index contributed by atoms with van der Waals surface area (Å²) in [6, 6.07) is 1.90. The Morgan fingerprint density at radius 3 is 3.00 bits per heavy atom. The van der Waals surface area contributed by atoms with Gasteiger partial charge < -0.3 is 5.73 Å². The lowest BCUT2D eigenvalue weighted by Crippen LogP contribution is -1.98. The van der Waals surface area contributed by atoms with E-state index in [-0.39, 0.29) is 5.82 Å². The number of hydrogen-bond donors (Lipinski definition) is 1. The van der Waals surface area contributed by atoms with Crippen LogP contribution in [0.4, 0.5) is 5.82 Å². The van der Waals surface area contributed by atoms with Gasteiger partial charge >= 0.3 is 0 Å². The Balaban J connectivity index is 2.77. The maximum Gasteiger partial charge on any atom is 0.189 e. The van der Waals surface area contributed by atoms with Gasteiger partial charge in [-0.25, -0.2) is 9.97 Å². The molecule has 1 aromatic heterocycles. The summed E-state index contributed by atoms with van der Waals surface area (Å²) in [6.07, 6.45) is 1.42. The van der Waals surface area contributed by atoms with E-state index in [0.29, 0.717) is 16.5 Å². The smallest absolute Gasteiger partial charge is 0.189 e. The monoisotopic (exact) mass is 270 g/mol. The summed E-state index contributed by atoms with van der Waals surface area (Å²) in [5, 5.41) is 9.13. The van der Waals surface area contributed by atoms with Crippen LogP contribution < -0.4 is 5.73 Å². The Hall–Kier alpha value is -1.06. The Kier molecular flexibility index (Phi) is 3.92. The van der Waals surface area contributed by atoms with E-state index in [9.17, 15) is 0 Å². The van der Waals surface area contributed by atoms with Crippen LogP contribution in [-0.4, -0.2) is 15.7 Å². The molecule has 2 N–H and O–H groups in total. The molecule has 72 valence electrons. The van der Waals surface area contributed by atoms with E-state index in [2.05, 4.69) is 32.5 Å². The van der Waals surface area contributed by atoms with Crippen molar-refractivity contribution in [3.63, 3.8) is 0 Å². The number of nitrogens with two attached hydrogens (primary N) is 1. The molecule has 4 nitrogen and oxygen atoms in total. The fourth-order valence-electron chi connectivity index (χ4n) is 0.677. The number of anilines is 1. The van der Waals surface area contributed by atoms with Gasteiger partial charge in [0.05, 0.1) is 6.20 Å². The largest absolute Gasteiger partial charge is 0.382 e. The van der Waals surface area contributed by atoms with Crippen LogP contribution in [0.5, 0.6) is 0 Å². The molecule has 0 amide bonds. The van der Waals surface area contributed by atoms with Crippen molar-refractivity contribution in [1.29, 1.82) is 5.26 Å². The van der Waals surface area contributed by atoms with E-state index >= 15 is 0 Å². The van der Waals surface area contributed by atoms with E-state index in [1.165, 1.54) is 18.0 Å². The minimum Gasteiger partial charge on any atom is -0.382 e. The highest BCUT2D eigenvalue weighted by molar-refractivity contribution is 9.11. The highest BCUT2D eigenvalue weighted by atomic mass is 79.9. The highest BCUT2D eigenvalue weighted by Gasteiger charge is 2.03. The number of hydrogen-bond acceptors (Lipinski definition) is 5. The first kappa shape index (κ1) is 11.0. The van der Waals surface area contributed by atoms with Crippen molar-refractivity contribution < 1.29 is 0 Å². The summed E-state index contributed by atoms with van der Waals surface area (Å²) in [6.45, 7) is 3.68. The first-order valence-electron chi connectivity index (χ1n) is 3.62. The molecular formula is C8H7BrN4S. The van der Waals surface area contributed by atoms with Gasteiger partial charge in [0.2, 0.25) is 0 Å². The summed E-state index contributed by atoms with van der Waals surface area (Å²) < 4.78 is 0.856. The first-order valence-corrected chi connectivity index (χ1v) is 5.40.